The Kier molecular flexibility index (Phi) is 4.56. The predicted molar refractivity (Wildman–Crippen MR) is 111 cm³/mol. The van der Waals surface area contributed by atoms with Gasteiger partial charge in [-0.3, -0.25) is 4.72 Å². The van der Waals surface area contributed by atoms with Crippen LogP contribution < -0.4 is 4.72 Å². The first-order chi connectivity index (χ1) is 13.3. The van der Waals surface area contributed by atoms with Crippen molar-refractivity contribution in [3.8, 4) is 5.82 Å². The average Bonchev–Trinajstić information content (AvgIpc) is 3.01. The molecule has 0 aliphatic rings. The molecule has 2 aromatic carbocycles. The van der Waals surface area contributed by atoms with E-state index in [2.05, 4.69) is 14.8 Å². The Bertz CT molecular complexity index is 1280. The van der Waals surface area contributed by atoms with E-state index >= 15 is 0 Å². The molecule has 0 fully saturated rings. The molecule has 4 rings (SSSR count). The van der Waals surface area contributed by atoms with Gasteiger partial charge >= 0.3 is 0 Å². The summed E-state index contributed by atoms with van der Waals surface area (Å²) in [7, 11) is -3.80. The summed E-state index contributed by atoms with van der Waals surface area (Å²) in [6, 6.07) is 17.3. The standard InChI is InChI=1S/C20H17ClN4O2S/c1-13-11-19(22-18-6-4-3-5-17(13)18)25-20(12-14(2)23-25)24-28(26,27)16-9-7-15(21)8-10-16/h3-12,24H,1-2H3. The van der Waals surface area contributed by atoms with Gasteiger partial charge in [-0.25, -0.2) is 13.4 Å². The number of aromatic nitrogens is 3. The van der Waals surface area contributed by atoms with E-state index in [1.165, 1.54) is 28.9 Å². The van der Waals surface area contributed by atoms with E-state index < -0.39 is 10.0 Å². The molecule has 6 nitrogen and oxygen atoms in total. The molecule has 2 aromatic heterocycles. The molecule has 142 valence electrons. The highest BCUT2D eigenvalue weighted by Gasteiger charge is 2.19. The molecule has 0 aliphatic carbocycles. The van der Waals surface area contributed by atoms with Crippen molar-refractivity contribution in [3.63, 3.8) is 0 Å². The molecule has 0 radical (unpaired) electrons. The normalized spacial score (nSPS) is 11.7. The van der Waals surface area contributed by atoms with Crippen LogP contribution in [-0.2, 0) is 10.0 Å². The lowest BCUT2D eigenvalue weighted by molar-refractivity contribution is 0.600. The highest BCUT2D eigenvalue weighted by molar-refractivity contribution is 7.92. The number of nitrogens with one attached hydrogen (secondary N) is 1. The Morgan fingerprint density at radius 1 is 1.00 bits per heavy atom. The molecular formula is C20H17ClN4O2S. The van der Waals surface area contributed by atoms with Crippen molar-refractivity contribution in [2.45, 2.75) is 18.7 Å². The Labute approximate surface area is 167 Å². The number of hydrogen-bond donors (Lipinski definition) is 1. The second-order valence-electron chi connectivity index (χ2n) is 6.46. The fourth-order valence-electron chi connectivity index (χ4n) is 3.00. The molecule has 8 heteroatoms. The number of hydrogen-bond acceptors (Lipinski definition) is 4. The highest BCUT2D eigenvalue weighted by Crippen LogP contribution is 2.24. The fraction of sp³-hybridized carbons (Fsp3) is 0.100. The molecule has 4 aromatic rings. The van der Waals surface area contributed by atoms with Crippen LogP contribution in [0.2, 0.25) is 5.02 Å². The van der Waals surface area contributed by atoms with E-state index in [4.69, 9.17) is 11.6 Å². The minimum absolute atomic E-state index is 0.116. The molecule has 2 heterocycles. The summed E-state index contributed by atoms with van der Waals surface area (Å²) in [6.45, 7) is 3.78. The van der Waals surface area contributed by atoms with Crippen LogP contribution in [0.15, 0.2) is 65.6 Å². The number of fused-ring (bicyclic) bond motifs is 1. The zero-order valence-electron chi connectivity index (χ0n) is 15.2. The first kappa shape index (κ1) is 18.5. The summed E-state index contributed by atoms with van der Waals surface area (Å²) in [4.78, 5) is 4.76. The van der Waals surface area contributed by atoms with Gasteiger partial charge in [-0.05, 0) is 55.8 Å². The average molecular weight is 413 g/mol. The predicted octanol–water partition coefficient (Wildman–Crippen LogP) is 4.49. The number of pyridine rings is 1. The molecule has 0 amide bonds. The number of anilines is 1. The van der Waals surface area contributed by atoms with Crippen LogP contribution in [0.25, 0.3) is 16.7 Å². The van der Waals surface area contributed by atoms with Crippen LogP contribution in [0.1, 0.15) is 11.3 Å². The zero-order valence-corrected chi connectivity index (χ0v) is 16.8. The van der Waals surface area contributed by atoms with Gasteiger partial charge in [0.25, 0.3) is 10.0 Å². The largest absolute Gasteiger partial charge is 0.263 e. The van der Waals surface area contributed by atoms with Gasteiger partial charge in [0.15, 0.2) is 5.82 Å². The Morgan fingerprint density at radius 2 is 1.71 bits per heavy atom. The number of nitrogens with zero attached hydrogens (tertiary/aromatic N) is 3. The molecule has 0 bridgehead atoms. The highest BCUT2D eigenvalue weighted by atomic mass is 35.5. The molecule has 0 saturated heterocycles. The number of sulfonamides is 1. The quantitative estimate of drug-likeness (QED) is 0.535. The topological polar surface area (TPSA) is 76.9 Å². The van der Waals surface area contributed by atoms with E-state index in [-0.39, 0.29) is 4.90 Å². The molecule has 0 aliphatic heterocycles. The third kappa shape index (κ3) is 3.46. The second-order valence-corrected chi connectivity index (χ2v) is 8.58. The minimum atomic E-state index is -3.80. The van der Waals surface area contributed by atoms with Crippen LogP contribution in [0.5, 0.6) is 0 Å². The lowest BCUT2D eigenvalue weighted by Gasteiger charge is -2.12. The Morgan fingerprint density at radius 3 is 2.46 bits per heavy atom. The summed E-state index contributed by atoms with van der Waals surface area (Å²) in [5, 5.41) is 5.94. The van der Waals surface area contributed by atoms with Crippen LogP contribution in [0.3, 0.4) is 0 Å². The Balaban J connectivity index is 1.78. The third-order valence-corrected chi connectivity index (χ3v) is 5.94. The molecule has 0 spiro atoms. The summed E-state index contributed by atoms with van der Waals surface area (Å²) in [5.41, 5.74) is 2.51. The molecule has 0 saturated carbocycles. The monoisotopic (exact) mass is 412 g/mol. The van der Waals surface area contributed by atoms with Gasteiger partial charge in [0.1, 0.15) is 5.82 Å². The van der Waals surface area contributed by atoms with Crippen molar-refractivity contribution in [1.82, 2.24) is 14.8 Å². The number of benzene rings is 2. The van der Waals surface area contributed by atoms with Gasteiger partial charge in [0.05, 0.1) is 16.1 Å². The van der Waals surface area contributed by atoms with Crippen molar-refractivity contribution < 1.29 is 8.42 Å². The van der Waals surface area contributed by atoms with E-state index in [0.29, 0.717) is 22.4 Å². The molecule has 0 atom stereocenters. The van der Waals surface area contributed by atoms with Crippen LogP contribution in [0, 0.1) is 13.8 Å². The number of aryl methyl sites for hydroxylation is 2. The van der Waals surface area contributed by atoms with Gasteiger partial charge in [-0.1, -0.05) is 29.8 Å². The number of rotatable bonds is 4. The first-order valence-electron chi connectivity index (χ1n) is 8.55. The van der Waals surface area contributed by atoms with Crippen molar-refractivity contribution >= 4 is 38.3 Å². The van der Waals surface area contributed by atoms with E-state index in [9.17, 15) is 8.42 Å². The summed E-state index contributed by atoms with van der Waals surface area (Å²) in [5.74, 6) is 0.854. The summed E-state index contributed by atoms with van der Waals surface area (Å²) in [6.07, 6.45) is 0. The van der Waals surface area contributed by atoms with Crippen LogP contribution >= 0.6 is 11.6 Å². The first-order valence-corrected chi connectivity index (χ1v) is 10.4. The van der Waals surface area contributed by atoms with Crippen molar-refractivity contribution in [1.29, 1.82) is 0 Å². The number of halogens is 1. The second kappa shape index (κ2) is 6.92. The van der Waals surface area contributed by atoms with Crippen LogP contribution in [-0.4, -0.2) is 23.2 Å². The van der Waals surface area contributed by atoms with Crippen molar-refractivity contribution in [3.05, 3.63) is 76.9 Å². The summed E-state index contributed by atoms with van der Waals surface area (Å²) < 4.78 is 29.6. The molecular weight excluding hydrogens is 396 g/mol. The third-order valence-electron chi connectivity index (χ3n) is 4.32. The van der Waals surface area contributed by atoms with E-state index in [0.717, 1.165) is 16.5 Å². The number of para-hydroxylation sites is 1. The maximum Gasteiger partial charge on any atom is 0.263 e. The fourth-order valence-corrected chi connectivity index (χ4v) is 4.16. The van der Waals surface area contributed by atoms with Crippen LogP contribution in [0.4, 0.5) is 5.82 Å². The SMILES string of the molecule is Cc1cc(NS(=O)(=O)c2ccc(Cl)cc2)n(-c2cc(C)c3ccccc3n2)n1. The summed E-state index contributed by atoms with van der Waals surface area (Å²) >= 11 is 5.86. The lowest BCUT2D eigenvalue weighted by atomic mass is 10.1. The zero-order chi connectivity index (χ0) is 19.9. The van der Waals surface area contributed by atoms with E-state index in [1.54, 1.807) is 13.0 Å². The van der Waals surface area contributed by atoms with Crippen molar-refractivity contribution in [2.24, 2.45) is 0 Å². The van der Waals surface area contributed by atoms with Gasteiger partial charge < -0.3 is 0 Å². The van der Waals surface area contributed by atoms with Gasteiger partial charge in [0.2, 0.25) is 0 Å². The minimum Gasteiger partial charge on any atom is -0.263 e. The maximum absolute atomic E-state index is 12.8. The van der Waals surface area contributed by atoms with E-state index in [1.807, 2.05) is 37.3 Å². The van der Waals surface area contributed by atoms with Crippen molar-refractivity contribution in [2.75, 3.05) is 4.72 Å². The maximum atomic E-state index is 12.8. The van der Waals surface area contributed by atoms with Gasteiger partial charge in [-0.15, -0.1) is 0 Å². The van der Waals surface area contributed by atoms with Gasteiger partial charge in [0, 0.05) is 16.5 Å². The lowest BCUT2D eigenvalue weighted by Crippen LogP contribution is -2.16. The molecule has 28 heavy (non-hydrogen) atoms. The Hall–Kier alpha value is -2.90. The van der Waals surface area contributed by atoms with Gasteiger partial charge in [-0.2, -0.15) is 9.78 Å². The smallest absolute Gasteiger partial charge is 0.263 e. The molecule has 1 N–H and O–H groups in total. The molecule has 0 unspecified atom stereocenters.